The third kappa shape index (κ3) is 2.58. The van der Waals surface area contributed by atoms with Crippen molar-refractivity contribution in [1.82, 2.24) is 10.3 Å². The summed E-state index contributed by atoms with van der Waals surface area (Å²) in [6.45, 7) is 1.98. The Kier molecular flexibility index (Phi) is 3.15. The highest BCUT2D eigenvalue weighted by molar-refractivity contribution is 8.14. The number of amidine groups is 1. The molecule has 1 fully saturated rings. The molecule has 0 spiro atoms. The van der Waals surface area contributed by atoms with E-state index in [1.165, 1.54) is 17.8 Å². The highest BCUT2D eigenvalue weighted by atomic mass is 32.2. The average molecular weight is 253 g/mol. The summed E-state index contributed by atoms with van der Waals surface area (Å²) in [5.41, 5.74) is 0. The van der Waals surface area contributed by atoms with E-state index >= 15 is 0 Å². The van der Waals surface area contributed by atoms with Crippen LogP contribution in [0.3, 0.4) is 0 Å². The molecule has 3 nitrogen and oxygen atoms in total. The maximum Gasteiger partial charge on any atom is 0.156 e. The fourth-order valence-corrected chi connectivity index (χ4v) is 3.71. The van der Waals surface area contributed by atoms with Crippen LogP contribution in [0.25, 0.3) is 0 Å². The monoisotopic (exact) mass is 253 g/mol. The Bertz CT molecular complexity index is 371. The van der Waals surface area contributed by atoms with E-state index in [9.17, 15) is 0 Å². The summed E-state index contributed by atoms with van der Waals surface area (Å²) < 4.78 is 0. The molecular formula is C11H15N3S2. The Morgan fingerprint density at radius 2 is 2.38 bits per heavy atom. The second kappa shape index (κ2) is 4.75. The molecule has 1 aromatic heterocycles. The number of hydrogen-bond donors (Lipinski definition) is 1. The van der Waals surface area contributed by atoms with Crippen molar-refractivity contribution >= 4 is 28.3 Å². The maximum absolute atomic E-state index is 4.55. The quantitative estimate of drug-likeness (QED) is 0.893. The zero-order chi connectivity index (χ0) is 10.8. The average Bonchev–Trinajstić information content (AvgIpc) is 2.83. The van der Waals surface area contributed by atoms with Crippen molar-refractivity contribution in [2.24, 2.45) is 10.9 Å². The molecule has 0 bridgehead atoms. The number of thiazole rings is 1. The van der Waals surface area contributed by atoms with Gasteiger partial charge in [0.1, 0.15) is 0 Å². The minimum absolute atomic E-state index is 0.766. The van der Waals surface area contributed by atoms with Crippen molar-refractivity contribution in [3.8, 4) is 0 Å². The van der Waals surface area contributed by atoms with E-state index in [1.54, 1.807) is 11.3 Å². The van der Waals surface area contributed by atoms with E-state index in [2.05, 4.69) is 15.3 Å². The fourth-order valence-electron chi connectivity index (χ4n) is 1.85. The number of aromatic nitrogens is 1. The minimum Gasteiger partial charge on any atom is -0.364 e. The smallest absolute Gasteiger partial charge is 0.156 e. The zero-order valence-electron chi connectivity index (χ0n) is 9.06. The molecular weight excluding hydrogens is 238 g/mol. The highest BCUT2D eigenvalue weighted by Gasteiger charge is 2.35. The van der Waals surface area contributed by atoms with Crippen LogP contribution in [0, 0.1) is 5.92 Å². The summed E-state index contributed by atoms with van der Waals surface area (Å²) >= 11 is 3.66. The van der Waals surface area contributed by atoms with Gasteiger partial charge in [-0.2, -0.15) is 0 Å². The minimum atomic E-state index is 0.766. The molecule has 0 aromatic carbocycles. The second-order valence-corrected chi connectivity index (χ2v) is 6.45. The van der Waals surface area contributed by atoms with Crippen LogP contribution in [0.4, 0.5) is 0 Å². The molecule has 1 aromatic rings. The molecule has 86 valence electrons. The van der Waals surface area contributed by atoms with Gasteiger partial charge < -0.3 is 5.32 Å². The van der Waals surface area contributed by atoms with Crippen LogP contribution in [-0.2, 0) is 6.42 Å². The lowest BCUT2D eigenvalue weighted by molar-refractivity contribution is 0.771. The van der Waals surface area contributed by atoms with Crippen LogP contribution in [0.2, 0.25) is 0 Å². The topological polar surface area (TPSA) is 37.3 Å². The van der Waals surface area contributed by atoms with Crippen molar-refractivity contribution in [1.29, 1.82) is 0 Å². The van der Waals surface area contributed by atoms with Gasteiger partial charge in [0.15, 0.2) is 5.17 Å². The van der Waals surface area contributed by atoms with Crippen LogP contribution in [0.1, 0.15) is 17.8 Å². The molecule has 1 aliphatic heterocycles. The van der Waals surface area contributed by atoms with Crippen LogP contribution in [-0.4, -0.2) is 28.5 Å². The molecule has 1 atom stereocenters. The summed E-state index contributed by atoms with van der Waals surface area (Å²) in [5, 5.41) is 8.56. The summed E-state index contributed by atoms with van der Waals surface area (Å²) in [6.07, 6.45) is 5.70. The summed E-state index contributed by atoms with van der Waals surface area (Å²) in [4.78, 5) is 8.81. The van der Waals surface area contributed by atoms with E-state index in [1.807, 2.05) is 23.3 Å². The number of rotatable bonds is 4. The van der Waals surface area contributed by atoms with E-state index in [4.69, 9.17) is 0 Å². The van der Waals surface area contributed by atoms with Crippen molar-refractivity contribution in [2.45, 2.75) is 24.5 Å². The molecule has 3 rings (SSSR count). The third-order valence-corrected chi connectivity index (χ3v) is 5.10. The van der Waals surface area contributed by atoms with Crippen LogP contribution < -0.4 is 5.32 Å². The number of nitrogens with one attached hydrogen (secondary N) is 1. The molecule has 1 unspecified atom stereocenters. The van der Waals surface area contributed by atoms with E-state index in [0.717, 1.165) is 35.8 Å². The predicted molar refractivity (Wildman–Crippen MR) is 70.2 cm³/mol. The van der Waals surface area contributed by atoms with E-state index in [-0.39, 0.29) is 0 Å². The number of hydrogen-bond acceptors (Lipinski definition) is 5. The van der Waals surface area contributed by atoms with Gasteiger partial charge in [0.05, 0.1) is 11.6 Å². The number of thioether (sulfide) groups is 1. The Balaban J connectivity index is 1.39. The number of nitrogens with zero attached hydrogens (tertiary/aromatic N) is 2. The predicted octanol–water partition coefficient (Wildman–Crippen LogP) is 2.16. The normalized spacial score (nSPS) is 24.5. The summed E-state index contributed by atoms with van der Waals surface area (Å²) in [7, 11) is 0. The lowest BCUT2D eigenvalue weighted by Gasteiger charge is -2.06. The van der Waals surface area contributed by atoms with Crippen molar-refractivity contribution in [2.75, 3.05) is 13.1 Å². The van der Waals surface area contributed by atoms with Crippen LogP contribution >= 0.6 is 23.1 Å². The molecule has 1 N–H and O–H groups in total. The standard InChI is InChI=1S/C11H15N3S2/c1-2-8(1)9-7-14-11(16-9)13-4-3-10-12-5-6-15-10/h5-6,8-9H,1-4,7H2,(H,13,14). The molecule has 2 aliphatic rings. The molecule has 5 heteroatoms. The van der Waals surface area contributed by atoms with Gasteiger partial charge in [-0.25, -0.2) is 4.98 Å². The first kappa shape index (κ1) is 10.6. The van der Waals surface area contributed by atoms with Gasteiger partial charge in [0.2, 0.25) is 0 Å². The Morgan fingerprint density at radius 3 is 3.12 bits per heavy atom. The van der Waals surface area contributed by atoms with E-state index in [0.29, 0.717) is 0 Å². The summed E-state index contributed by atoms with van der Waals surface area (Å²) in [6, 6.07) is 0. The Morgan fingerprint density at radius 1 is 1.44 bits per heavy atom. The van der Waals surface area contributed by atoms with Gasteiger partial charge >= 0.3 is 0 Å². The first-order valence-corrected chi connectivity index (χ1v) is 7.51. The fraction of sp³-hybridized carbons (Fsp3) is 0.636. The summed E-state index contributed by atoms with van der Waals surface area (Å²) in [5.74, 6) is 0.951. The first-order chi connectivity index (χ1) is 7.92. The molecule has 1 saturated carbocycles. The lowest BCUT2D eigenvalue weighted by Crippen LogP contribution is -2.22. The van der Waals surface area contributed by atoms with Crippen LogP contribution in [0.15, 0.2) is 16.6 Å². The van der Waals surface area contributed by atoms with Crippen LogP contribution in [0.5, 0.6) is 0 Å². The van der Waals surface area contributed by atoms with Crippen molar-refractivity contribution in [3.05, 3.63) is 16.6 Å². The van der Waals surface area contributed by atoms with Gasteiger partial charge in [0, 0.05) is 29.8 Å². The third-order valence-electron chi connectivity index (χ3n) is 2.92. The molecule has 1 aliphatic carbocycles. The second-order valence-electron chi connectivity index (χ2n) is 4.24. The molecule has 2 heterocycles. The van der Waals surface area contributed by atoms with Crippen molar-refractivity contribution < 1.29 is 0 Å². The lowest BCUT2D eigenvalue weighted by atomic mass is 10.3. The maximum atomic E-state index is 4.55. The largest absolute Gasteiger partial charge is 0.364 e. The molecule has 16 heavy (non-hydrogen) atoms. The Labute approximate surface area is 104 Å². The van der Waals surface area contributed by atoms with E-state index < -0.39 is 0 Å². The van der Waals surface area contributed by atoms with Gasteiger partial charge in [-0.15, -0.1) is 11.3 Å². The van der Waals surface area contributed by atoms with Gasteiger partial charge in [-0.1, -0.05) is 11.8 Å². The SMILES string of the molecule is c1csc(CCNC2=NCC(C3CC3)S2)n1. The van der Waals surface area contributed by atoms with Crippen molar-refractivity contribution in [3.63, 3.8) is 0 Å². The van der Waals surface area contributed by atoms with Gasteiger partial charge in [0.25, 0.3) is 0 Å². The molecule has 0 amide bonds. The first-order valence-electron chi connectivity index (χ1n) is 5.75. The molecule has 0 saturated heterocycles. The molecule has 0 radical (unpaired) electrons. The zero-order valence-corrected chi connectivity index (χ0v) is 10.7. The Hall–Kier alpha value is -0.550. The van der Waals surface area contributed by atoms with Gasteiger partial charge in [-0.05, 0) is 18.8 Å². The highest BCUT2D eigenvalue weighted by Crippen LogP contribution is 2.41. The number of aliphatic imine (C=N–C) groups is 1. The van der Waals surface area contributed by atoms with Gasteiger partial charge in [-0.3, -0.25) is 4.99 Å².